The Morgan fingerprint density at radius 1 is 1.19 bits per heavy atom. The van der Waals surface area contributed by atoms with Crippen molar-refractivity contribution in [3.8, 4) is 0 Å². The van der Waals surface area contributed by atoms with Crippen molar-refractivity contribution in [2.45, 2.75) is 11.3 Å². The smallest absolute Gasteiger partial charge is 0.262 e. The van der Waals surface area contributed by atoms with Crippen molar-refractivity contribution in [1.82, 2.24) is 5.32 Å². The maximum atomic E-state index is 12.2. The summed E-state index contributed by atoms with van der Waals surface area (Å²) in [5.41, 5.74) is 2.30. The molecule has 0 unspecified atom stereocenters. The second kappa shape index (κ2) is 8.69. The highest BCUT2D eigenvalue weighted by Gasteiger charge is 2.20. The van der Waals surface area contributed by atoms with Gasteiger partial charge in [-0.15, -0.1) is 0 Å². The van der Waals surface area contributed by atoms with Crippen LogP contribution in [0.2, 0.25) is 0 Å². The average molecular weight is 368 g/mol. The van der Waals surface area contributed by atoms with Gasteiger partial charge in [-0.1, -0.05) is 36.0 Å². The Morgan fingerprint density at radius 3 is 2.73 bits per heavy atom. The number of rotatable bonds is 6. The first-order chi connectivity index (χ1) is 12.7. The van der Waals surface area contributed by atoms with Crippen LogP contribution in [0.1, 0.15) is 22.3 Å². The van der Waals surface area contributed by atoms with E-state index in [4.69, 9.17) is 4.74 Å². The Labute approximate surface area is 156 Å². The fourth-order valence-corrected chi connectivity index (χ4v) is 3.46. The SMILES string of the molecule is COCCCNC(=O)c1ccc(/C=C2/Sc3ccccc3NC2=O)cc1. The number of ether oxygens (including phenoxy) is 1. The predicted octanol–water partition coefficient (Wildman–Crippen LogP) is 3.54. The fourth-order valence-electron chi connectivity index (χ4n) is 2.51. The van der Waals surface area contributed by atoms with Crippen LogP contribution in [0, 0.1) is 0 Å². The van der Waals surface area contributed by atoms with Crippen LogP contribution in [0.25, 0.3) is 6.08 Å². The Hall–Kier alpha value is -2.57. The summed E-state index contributed by atoms with van der Waals surface area (Å²) in [6, 6.07) is 14.9. The number of hydrogen-bond acceptors (Lipinski definition) is 4. The molecule has 2 aromatic carbocycles. The van der Waals surface area contributed by atoms with Crippen LogP contribution >= 0.6 is 11.8 Å². The second-order valence-electron chi connectivity index (χ2n) is 5.79. The van der Waals surface area contributed by atoms with Crippen molar-refractivity contribution in [2.75, 3.05) is 25.6 Å². The highest BCUT2D eigenvalue weighted by atomic mass is 32.2. The summed E-state index contributed by atoms with van der Waals surface area (Å²) in [6.07, 6.45) is 2.61. The van der Waals surface area contributed by atoms with Gasteiger partial charge in [-0.3, -0.25) is 9.59 Å². The van der Waals surface area contributed by atoms with Crippen LogP contribution in [-0.4, -0.2) is 32.1 Å². The lowest BCUT2D eigenvalue weighted by molar-refractivity contribution is -0.112. The van der Waals surface area contributed by atoms with Crippen LogP contribution < -0.4 is 10.6 Å². The normalized spacial score (nSPS) is 14.7. The zero-order chi connectivity index (χ0) is 18.4. The number of nitrogens with one attached hydrogen (secondary N) is 2. The maximum absolute atomic E-state index is 12.2. The van der Waals surface area contributed by atoms with Crippen molar-refractivity contribution in [3.05, 3.63) is 64.6 Å². The third-order valence-corrected chi connectivity index (χ3v) is 4.96. The average Bonchev–Trinajstić information content (AvgIpc) is 2.66. The zero-order valence-electron chi connectivity index (χ0n) is 14.5. The van der Waals surface area contributed by atoms with E-state index >= 15 is 0 Å². The molecule has 6 heteroatoms. The molecule has 0 atom stereocenters. The number of hydrogen-bond donors (Lipinski definition) is 2. The van der Waals surface area contributed by atoms with E-state index in [1.54, 1.807) is 19.2 Å². The molecule has 0 radical (unpaired) electrons. The van der Waals surface area contributed by atoms with Gasteiger partial charge in [0.2, 0.25) is 0 Å². The van der Waals surface area contributed by atoms with Gasteiger partial charge in [-0.2, -0.15) is 0 Å². The molecule has 26 heavy (non-hydrogen) atoms. The molecule has 1 aliphatic rings. The third-order valence-electron chi connectivity index (χ3n) is 3.86. The van der Waals surface area contributed by atoms with E-state index in [1.165, 1.54) is 11.8 Å². The van der Waals surface area contributed by atoms with Crippen molar-refractivity contribution in [2.24, 2.45) is 0 Å². The maximum Gasteiger partial charge on any atom is 0.262 e. The van der Waals surface area contributed by atoms with Crippen LogP contribution in [-0.2, 0) is 9.53 Å². The van der Waals surface area contributed by atoms with E-state index in [-0.39, 0.29) is 11.8 Å². The Morgan fingerprint density at radius 2 is 1.96 bits per heavy atom. The lowest BCUT2D eigenvalue weighted by atomic mass is 10.1. The van der Waals surface area contributed by atoms with Crippen LogP contribution in [0.3, 0.4) is 0 Å². The van der Waals surface area contributed by atoms with Gasteiger partial charge in [0.25, 0.3) is 11.8 Å². The van der Waals surface area contributed by atoms with Gasteiger partial charge in [-0.25, -0.2) is 0 Å². The van der Waals surface area contributed by atoms with Crippen molar-refractivity contribution in [1.29, 1.82) is 0 Å². The summed E-state index contributed by atoms with van der Waals surface area (Å²) in [7, 11) is 1.64. The first-order valence-electron chi connectivity index (χ1n) is 8.34. The summed E-state index contributed by atoms with van der Waals surface area (Å²) in [6.45, 7) is 1.20. The van der Waals surface area contributed by atoms with Crippen LogP contribution in [0.5, 0.6) is 0 Å². The lowest BCUT2D eigenvalue weighted by Gasteiger charge is -2.18. The number of methoxy groups -OCH3 is 1. The van der Waals surface area contributed by atoms with Crippen LogP contribution in [0.4, 0.5) is 5.69 Å². The molecule has 1 aliphatic heterocycles. The molecule has 0 saturated heterocycles. The minimum absolute atomic E-state index is 0.112. The molecule has 2 amide bonds. The number of fused-ring (bicyclic) bond motifs is 1. The minimum atomic E-state index is -0.117. The number of carbonyl (C=O) groups excluding carboxylic acids is 2. The lowest BCUT2D eigenvalue weighted by Crippen LogP contribution is -2.25. The summed E-state index contributed by atoms with van der Waals surface area (Å²) < 4.78 is 4.96. The highest BCUT2D eigenvalue weighted by Crippen LogP contribution is 2.38. The standard InChI is InChI=1S/C20H20N2O3S/c1-25-12-4-11-21-19(23)15-9-7-14(8-10-15)13-18-20(24)22-16-5-2-3-6-17(16)26-18/h2-3,5-10,13H,4,11-12H2,1H3,(H,21,23)(H,22,24)/b18-13+. The largest absolute Gasteiger partial charge is 0.385 e. The monoisotopic (exact) mass is 368 g/mol. The topological polar surface area (TPSA) is 67.4 Å². The molecule has 0 aliphatic carbocycles. The summed E-state index contributed by atoms with van der Waals surface area (Å²) >= 11 is 1.44. The van der Waals surface area contributed by atoms with Gasteiger partial charge in [0, 0.05) is 30.7 Å². The molecule has 134 valence electrons. The van der Waals surface area contributed by atoms with E-state index in [0.29, 0.717) is 23.6 Å². The van der Waals surface area contributed by atoms with Gasteiger partial charge in [0.1, 0.15) is 0 Å². The molecule has 2 N–H and O–H groups in total. The molecule has 0 bridgehead atoms. The van der Waals surface area contributed by atoms with Crippen molar-refractivity contribution >= 4 is 35.3 Å². The third kappa shape index (κ3) is 4.53. The van der Waals surface area contributed by atoms with E-state index in [0.717, 1.165) is 22.6 Å². The number of anilines is 1. The van der Waals surface area contributed by atoms with Gasteiger partial charge >= 0.3 is 0 Å². The molecule has 0 spiro atoms. The first-order valence-corrected chi connectivity index (χ1v) is 9.16. The number of carbonyl (C=O) groups is 2. The highest BCUT2D eigenvalue weighted by molar-refractivity contribution is 8.04. The van der Waals surface area contributed by atoms with Gasteiger partial charge in [0.05, 0.1) is 10.6 Å². The molecule has 0 fully saturated rings. The van der Waals surface area contributed by atoms with E-state index in [9.17, 15) is 9.59 Å². The number of benzene rings is 2. The quantitative estimate of drug-likeness (QED) is 0.605. The summed E-state index contributed by atoms with van der Waals surface area (Å²) in [5, 5.41) is 5.74. The Bertz CT molecular complexity index is 831. The first kappa shape index (κ1) is 18.2. The molecule has 1 heterocycles. The molecular formula is C20H20N2O3S. The number of para-hydroxylation sites is 1. The Balaban J connectivity index is 1.66. The molecule has 2 aromatic rings. The molecule has 3 rings (SSSR count). The van der Waals surface area contributed by atoms with E-state index in [1.807, 2.05) is 42.5 Å². The predicted molar refractivity (Wildman–Crippen MR) is 104 cm³/mol. The molecule has 5 nitrogen and oxygen atoms in total. The van der Waals surface area contributed by atoms with Gasteiger partial charge in [-0.05, 0) is 42.3 Å². The summed E-state index contributed by atoms with van der Waals surface area (Å²) in [5.74, 6) is -0.229. The van der Waals surface area contributed by atoms with Crippen molar-refractivity contribution < 1.29 is 14.3 Å². The fraction of sp³-hybridized carbons (Fsp3) is 0.200. The van der Waals surface area contributed by atoms with Crippen LogP contribution in [0.15, 0.2) is 58.3 Å². The molecule has 0 aromatic heterocycles. The van der Waals surface area contributed by atoms with Gasteiger partial charge in [0.15, 0.2) is 0 Å². The van der Waals surface area contributed by atoms with E-state index in [2.05, 4.69) is 10.6 Å². The number of thioether (sulfide) groups is 1. The van der Waals surface area contributed by atoms with Crippen molar-refractivity contribution in [3.63, 3.8) is 0 Å². The van der Waals surface area contributed by atoms with E-state index < -0.39 is 0 Å². The Kier molecular flexibility index (Phi) is 6.09. The summed E-state index contributed by atoms with van der Waals surface area (Å²) in [4.78, 5) is 25.9. The zero-order valence-corrected chi connectivity index (χ0v) is 15.3. The second-order valence-corrected chi connectivity index (χ2v) is 6.87. The molecule has 0 saturated carbocycles. The number of amides is 2. The molecular weight excluding hydrogens is 348 g/mol. The van der Waals surface area contributed by atoms with Gasteiger partial charge < -0.3 is 15.4 Å². The minimum Gasteiger partial charge on any atom is -0.385 e.